The van der Waals surface area contributed by atoms with Crippen molar-refractivity contribution in [1.29, 1.82) is 0 Å². The van der Waals surface area contributed by atoms with Crippen LogP contribution in [0.4, 0.5) is 5.82 Å². The van der Waals surface area contributed by atoms with E-state index in [9.17, 15) is 4.79 Å². The fourth-order valence-corrected chi connectivity index (χ4v) is 3.49. The molecule has 0 aliphatic rings. The molecule has 0 saturated heterocycles. The maximum absolute atomic E-state index is 11.8. The van der Waals surface area contributed by atoms with Crippen molar-refractivity contribution in [2.24, 2.45) is 0 Å². The number of nitrogens with zero attached hydrogens (tertiary/aromatic N) is 4. The molecule has 0 atom stereocenters. The molecule has 0 aliphatic carbocycles. The van der Waals surface area contributed by atoms with Crippen molar-refractivity contribution in [2.45, 2.75) is 26.3 Å². The average Bonchev–Trinajstić information content (AvgIpc) is 3.20. The quantitative estimate of drug-likeness (QED) is 0.497. The second kappa shape index (κ2) is 6.20. The summed E-state index contributed by atoms with van der Waals surface area (Å²) in [5.41, 5.74) is 8.72. The van der Waals surface area contributed by atoms with E-state index >= 15 is 0 Å². The number of nitrogens with two attached hydrogens (primary N) is 1. The summed E-state index contributed by atoms with van der Waals surface area (Å²) in [5.74, 6) is -0.102. The maximum atomic E-state index is 11.8. The standard InChI is InChI=1S/C19H19ClN6O2/c1-19(2,3)26-17-12(16(21)22-8-23-17)14(25-26)15-13(20)10-6-5-9(18(27)28-4)7-11(10)24-15/h5-8,24H,1-4H3,(H2,21,22,23). The molecule has 0 fully saturated rings. The molecular weight excluding hydrogens is 380 g/mol. The normalized spacial score (nSPS) is 12.0. The van der Waals surface area contributed by atoms with Gasteiger partial charge in [-0.1, -0.05) is 17.7 Å². The van der Waals surface area contributed by atoms with Crippen LogP contribution in [-0.4, -0.2) is 37.8 Å². The van der Waals surface area contributed by atoms with Gasteiger partial charge in [0.15, 0.2) is 5.65 Å². The van der Waals surface area contributed by atoms with Crippen LogP contribution in [0, 0.1) is 0 Å². The van der Waals surface area contributed by atoms with E-state index in [1.165, 1.54) is 13.4 Å². The van der Waals surface area contributed by atoms with E-state index in [0.717, 1.165) is 5.39 Å². The van der Waals surface area contributed by atoms with E-state index in [0.29, 0.717) is 44.3 Å². The zero-order valence-electron chi connectivity index (χ0n) is 15.9. The highest BCUT2D eigenvalue weighted by atomic mass is 35.5. The Morgan fingerprint density at radius 1 is 1.29 bits per heavy atom. The lowest BCUT2D eigenvalue weighted by Crippen LogP contribution is -2.23. The molecular formula is C19H19ClN6O2. The number of methoxy groups -OCH3 is 1. The first-order chi connectivity index (χ1) is 13.2. The second-order valence-corrected chi connectivity index (χ2v) is 7.83. The Kier molecular flexibility index (Phi) is 4.04. The Hall–Kier alpha value is -3.13. The zero-order chi connectivity index (χ0) is 20.2. The first-order valence-electron chi connectivity index (χ1n) is 8.62. The molecule has 9 heteroatoms. The van der Waals surface area contributed by atoms with Crippen LogP contribution in [0.25, 0.3) is 33.3 Å². The van der Waals surface area contributed by atoms with Gasteiger partial charge in [0, 0.05) is 10.9 Å². The number of hydrogen-bond donors (Lipinski definition) is 2. The smallest absolute Gasteiger partial charge is 0.337 e. The van der Waals surface area contributed by atoms with Crippen LogP contribution in [0.5, 0.6) is 0 Å². The highest BCUT2D eigenvalue weighted by molar-refractivity contribution is 6.38. The Morgan fingerprint density at radius 3 is 2.71 bits per heavy atom. The number of fused-ring (bicyclic) bond motifs is 2. The van der Waals surface area contributed by atoms with Gasteiger partial charge < -0.3 is 15.5 Å². The number of H-pyrrole nitrogens is 1. The van der Waals surface area contributed by atoms with Gasteiger partial charge in [-0.25, -0.2) is 19.4 Å². The van der Waals surface area contributed by atoms with Gasteiger partial charge in [-0.05, 0) is 32.9 Å². The van der Waals surface area contributed by atoms with Crippen molar-refractivity contribution < 1.29 is 9.53 Å². The molecule has 0 bridgehead atoms. The summed E-state index contributed by atoms with van der Waals surface area (Å²) in [7, 11) is 1.34. The SMILES string of the molecule is COC(=O)c1ccc2c(Cl)c(-c3nn(C(C)(C)C)c4ncnc(N)c34)[nH]c2c1. The molecule has 0 amide bonds. The number of anilines is 1. The predicted molar refractivity (Wildman–Crippen MR) is 108 cm³/mol. The number of esters is 1. The molecule has 3 heterocycles. The zero-order valence-corrected chi connectivity index (χ0v) is 16.6. The Bertz CT molecular complexity index is 1230. The molecule has 4 rings (SSSR count). The number of carbonyl (C=O) groups excluding carboxylic acids is 1. The van der Waals surface area contributed by atoms with E-state index < -0.39 is 5.97 Å². The molecule has 0 saturated carbocycles. The lowest BCUT2D eigenvalue weighted by Gasteiger charge is -2.19. The fourth-order valence-electron chi connectivity index (χ4n) is 3.19. The molecule has 4 aromatic rings. The van der Waals surface area contributed by atoms with E-state index in [-0.39, 0.29) is 5.54 Å². The number of halogens is 1. The van der Waals surface area contributed by atoms with Gasteiger partial charge in [0.05, 0.1) is 34.3 Å². The summed E-state index contributed by atoms with van der Waals surface area (Å²) < 4.78 is 6.59. The monoisotopic (exact) mass is 398 g/mol. The van der Waals surface area contributed by atoms with Crippen molar-refractivity contribution in [3.05, 3.63) is 35.1 Å². The van der Waals surface area contributed by atoms with E-state index in [1.54, 1.807) is 22.9 Å². The first-order valence-corrected chi connectivity index (χ1v) is 8.99. The fraction of sp³-hybridized carbons (Fsp3) is 0.263. The maximum Gasteiger partial charge on any atom is 0.337 e. The summed E-state index contributed by atoms with van der Waals surface area (Å²) in [4.78, 5) is 23.6. The minimum atomic E-state index is -0.422. The number of benzene rings is 1. The number of hydrogen-bond acceptors (Lipinski definition) is 6. The van der Waals surface area contributed by atoms with Gasteiger partial charge in [-0.2, -0.15) is 5.10 Å². The highest BCUT2D eigenvalue weighted by Crippen LogP contribution is 2.39. The highest BCUT2D eigenvalue weighted by Gasteiger charge is 2.26. The first kappa shape index (κ1) is 18.2. The molecule has 3 N–H and O–H groups in total. The largest absolute Gasteiger partial charge is 0.465 e. The topological polar surface area (TPSA) is 112 Å². The number of nitrogens with one attached hydrogen (secondary N) is 1. The lowest BCUT2D eigenvalue weighted by molar-refractivity contribution is 0.0601. The summed E-state index contributed by atoms with van der Waals surface area (Å²) in [5, 5.41) is 6.62. The molecule has 0 aliphatic heterocycles. The van der Waals surface area contributed by atoms with Crippen molar-refractivity contribution in [3.8, 4) is 11.4 Å². The summed E-state index contributed by atoms with van der Waals surface area (Å²) in [6, 6.07) is 5.13. The molecule has 1 aromatic carbocycles. The number of aromatic nitrogens is 5. The van der Waals surface area contributed by atoms with E-state index in [2.05, 4.69) is 15.0 Å². The van der Waals surface area contributed by atoms with Crippen LogP contribution in [0.3, 0.4) is 0 Å². The summed E-state index contributed by atoms with van der Waals surface area (Å²) >= 11 is 6.66. The summed E-state index contributed by atoms with van der Waals surface area (Å²) in [6.07, 6.45) is 1.42. The predicted octanol–water partition coefficient (Wildman–Crippen LogP) is 3.75. The minimum Gasteiger partial charge on any atom is -0.465 e. The van der Waals surface area contributed by atoms with Gasteiger partial charge in [0.1, 0.15) is 17.8 Å². The van der Waals surface area contributed by atoms with Crippen molar-refractivity contribution in [2.75, 3.05) is 12.8 Å². The van der Waals surface area contributed by atoms with Gasteiger partial charge in [0.2, 0.25) is 0 Å². The third kappa shape index (κ3) is 2.68. The van der Waals surface area contributed by atoms with Crippen LogP contribution in [0.15, 0.2) is 24.5 Å². The molecule has 8 nitrogen and oxygen atoms in total. The number of carbonyl (C=O) groups is 1. The summed E-state index contributed by atoms with van der Waals surface area (Å²) in [6.45, 7) is 6.07. The molecule has 0 unspecified atom stereocenters. The molecule has 3 aromatic heterocycles. The molecule has 0 spiro atoms. The molecule has 28 heavy (non-hydrogen) atoms. The van der Waals surface area contributed by atoms with Crippen LogP contribution in [0.2, 0.25) is 5.02 Å². The minimum absolute atomic E-state index is 0.320. The van der Waals surface area contributed by atoms with Crippen LogP contribution in [0.1, 0.15) is 31.1 Å². The number of rotatable bonds is 2. The molecule has 144 valence electrons. The van der Waals surface area contributed by atoms with Crippen LogP contribution < -0.4 is 5.73 Å². The average molecular weight is 399 g/mol. The van der Waals surface area contributed by atoms with E-state index in [1.807, 2.05) is 20.8 Å². The van der Waals surface area contributed by atoms with Crippen molar-refractivity contribution in [3.63, 3.8) is 0 Å². The number of ether oxygens (including phenoxy) is 1. The van der Waals surface area contributed by atoms with Gasteiger partial charge >= 0.3 is 5.97 Å². The van der Waals surface area contributed by atoms with Crippen LogP contribution >= 0.6 is 11.6 Å². The van der Waals surface area contributed by atoms with Gasteiger partial charge in [-0.15, -0.1) is 0 Å². The van der Waals surface area contributed by atoms with Crippen molar-refractivity contribution >= 4 is 45.3 Å². The van der Waals surface area contributed by atoms with E-state index in [4.69, 9.17) is 27.2 Å². The Labute approximate surface area is 165 Å². The number of aromatic amines is 1. The third-order valence-corrected chi connectivity index (χ3v) is 4.92. The second-order valence-electron chi connectivity index (χ2n) is 7.45. The number of nitrogen functional groups attached to an aromatic ring is 1. The van der Waals surface area contributed by atoms with Crippen molar-refractivity contribution in [1.82, 2.24) is 24.7 Å². The van der Waals surface area contributed by atoms with Gasteiger partial charge in [0.25, 0.3) is 0 Å². The van der Waals surface area contributed by atoms with Gasteiger partial charge in [-0.3, -0.25) is 0 Å². The third-order valence-electron chi connectivity index (χ3n) is 4.52. The Balaban J connectivity index is 2.02. The van der Waals surface area contributed by atoms with Crippen LogP contribution in [-0.2, 0) is 10.3 Å². The lowest BCUT2D eigenvalue weighted by atomic mass is 10.1. The Morgan fingerprint density at radius 2 is 2.04 bits per heavy atom. The molecule has 0 radical (unpaired) electrons.